The van der Waals surface area contributed by atoms with Gasteiger partial charge in [0.05, 0.1) is 4.90 Å². The molecule has 0 saturated carbocycles. The van der Waals surface area contributed by atoms with Crippen LogP contribution in [0.5, 0.6) is 0 Å². The Bertz CT molecular complexity index is 1020. The Morgan fingerprint density at radius 2 is 1.96 bits per heavy atom. The highest BCUT2D eigenvalue weighted by Crippen LogP contribution is 2.38. The number of aromatic nitrogens is 1. The number of anilines is 1. The van der Waals surface area contributed by atoms with Gasteiger partial charge in [-0.15, -0.1) is 0 Å². The lowest BCUT2D eigenvalue weighted by Crippen LogP contribution is -2.14. The third-order valence-corrected chi connectivity index (χ3v) is 4.65. The monoisotopic (exact) mass is 329 g/mol. The number of fused-ring (bicyclic) bond motifs is 2. The minimum Gasteiger partial charge on any atom is -0.439 e. The number of rotatable bonds is 2. The number of nitrogens with two attached hydrogens (primary N) is 1. The predicted octanol–water partition coefficient (Wildman–Crippen LogP) is 1.56. The molecular weight excluding hydrogens is 318 g/mol. The third-order valence-electron chi connectivity index (χ3n) is 3.74. The molecule has 0 bridgehead atoms. The number of nitrogens with zero attached hydrogens (tertiary/aromatic N) is 1. The number of nitrogens with one attached hydrogen (secondary N) is 1. The summed E-state index contributed by atoms with van der Waals surface area (Å²) in [4.78, 5) is 16.5. The molecule has 0 saturated heterocycles. The molecule has 1 unspecified atom stereocenters. The van der Waals surface area contributed by atoms with Crippen LogP contribution in [-0.2, 0) is 14.8 Å². The number of oxazole rings is 1. The van der Waals surface area contributed by atoms with Crippen molar-refractivity contribution < 1.29 is 17.6 Å². The molecule has 4 rings (SSSR count). The average molecular weight is 329 g/mol. The van der Waals surface area contributed by atoms with Gasteiger partial charge in [0.2, 0.25) is 21.8 Å². The molecule has 116 valence electrons. The zero-order valence-corrected chi connectivity index (χ0v) is 12.5. The van der Waals surface area contributed by atoms with E-state index in [4.69, 9.17) is 9.56 Å². The van der Waals surface area contributed by atoms with Crippen LogP contribution in [-0.4, -0.2) is 19.3 Å². The van der Waals surface area contributed by atoms with E-state index in [2.05, 4.69) is 10.3 Å². The maximum absolute atomic E-state index is 12.3. The van der Waals surface area contributed by atoms with Gasteiger partial charge in [-0.2, -0.15) is 0 Å². The highest BCUT2D eigenvalue weighted by atomic mass is 32.2. The van der Waals surface area contributed by atoms with Crippen molar-refractivity contribution in [2.75, 3.05) is 5.32 Å². The first-order valence-electron chi connectivity index (χ1n) is 6.76. The molecule has 0 spiro atoms. The summed E-state index contributed by atoms with van der Waals surface area (Å²) in [5.41, 5.74) is 2.19. The smallest absolute Gasteiger partial charge is 0.241 e. The molecule has 0 aliphatic carbocycles. The summed E-state index contributed by atoms with van der Waals surface area (Å²) in [6.45, 7) is 0. The van der Waals surface area contributed by atoms with Gasteiger partial charge in [-0.1, -0.05) is 12.1 Å². The van der Waals surface area contributed by atoms with E-state index in [1.807, 2.05) is 6.07 Å². The zero-order chi connectivity index (χ0) is 16.2. The molecule has 1 atom stereocenters. The summed E-state index contributed by atoms with van der Waals surface area (Å²) in [5.74, 6) is -0.911. The quantitative estimate of drug-likeness (QED) is 0.740. The van der Waals surface area contributed by atoms with Crippen LogP contribution in [0.25, 0.3) is 11.1 Å². The van der Waals surface area contributed by atoms with Gasteiger partial charge in [-0.05, 0) is 35.9 Å². The van der Waals surface area contributed by atoms with Crippen molar-refractivity contribution in [1.82, 2.24) is 4.98 Å². The van der Waals surface area contributed by atoms with Crippen molar-refractivity contribution in [3.05, 3.63) is 53.9 Å². The first-order chi connectivity index (χ1) is 10.9. The number of sulfonamides is 1. The summed E-state index contributed by atoms with van der Waals surface area (Å²) in [7, 11) is -3.86. The number of hydrogen-bond donors (Lipinski definition) is 2. The lowest BCUT2D eigenvalue weighted by atomic mass is 10.0. The van der Waals surface area contributed by atoms with Gasteiger partial charge in [0, 0.05) is 5.69 Å². The number of benzene rings is 2. The summed E-state index contributed by atoms with van der Waals surface area (Å²) >= 11 is 0. The Labute approximate surface area is 131 Å². The van der Waals surface area contributed by atoms with E-state index >= 15 is 0 Å². The lowest BCUT2D eigenvalue weighted by Gasteiger charge is -2.05. The van der Waals surface area contributed by atoms with Crippen molar-refractivity contribution in [3.8, 4) is 0 Å². The van der Waals surface area contributed by atoms with Crippen LogP contribution in [0, 0.1) is 0 Å². The number of hydrogen-bond acceptors (Lipinski definition) is 5. The van der Waals surface area contributed by atoms with E-state index in [1.54, 1.807) is 18.2 Å². The second-order valence-electron chi connectivity index (χ2n) is 5.24. The van der Waals surface area contributed by atoms with Gasteiger partial charge in [0.15, 0.2) is 5.58 Å². The van der Waals surface area contributed by atoms with Crippen molar-refractivity contribution in [3.63, 3.8) is 0 Å². The second kappa shape index (κ2) is 4.64. The zero-order valence-electron chi connectivity index (χ0n) is 11.7. The number of para-hydroxylation sites is 2. The molecule has 3 N–H and O–H groups in total. The van der Waals surface area contributed by atoms with Crippen molar-refractivity contribution in [2.24, 2.45) is 5.14 Å². The molecule has 1 aliphatic heterocycles. The predicted molar refractivity (Wildman–Crippen MR) is 82.3 cm³/mol. The van der Waals surface area contributed by atoms with Crippen LogP contribution in [0.1, 0.15) is 17.4 Å². The highest BCUT2D eigenvalue weighted by Gasteiger charge is 2.36. The summed E-state index contributed by atoms with van der Waals surface area (Å²) in [6, 6.07) is 11.4. The standard InChI is InChI=1S/C15H11N3O4S/c16-23(20,21)8-5-6-10-9(7-8)13(14(19)17-10)15-18-11-3-1-2-4-12(11)22-15/h1-7,13H,(H,17,19)(H2,16,20,21). The van der Waals surface area contributed by atoms with E-state index in [0.29, 0.717) is 22.4 Å². The topological polar surface area (TPSA) is 115 Å². The van der Waals surface area contributed by atoms with E-state index in [-0.39, 0.29) is 16.7 Å². The van der Waals surface area contributed by atoms with Crippen molar-refractivity contribution in [2.45, 2.75) is 10.8 Å². The van der Waals surface area contributed by atoms with Gasteiger partial charge in [0.1, 0.15) is 11.4 Å². The summed E-state index contributed by atoms with van der Waals surface area (Å²) < 4.78 is 28.7. The SMILES string of the molecule is NS(=O)(=O)c1ccc2c(c1)C(c1nc3ccccc3o1)C(=O)N2. The van der Waals surface area contributed by atoms with Gasteiger partial charge in [-0.3, -0.25) is 4.79 Å². The first kappa shape index (κ1) is 13.9. The van der Waals surface area contributed by atoms with Crippen molar-refractivity contribution in [1.29, 1.82) is 0 Å². The molecule has 0 fully saturated rings. The third kappa shape index (κ3) is 2.19. The van der Waals surface area contributed by atoms with E-state index in [9.17, 15) is 13.2 Å². The fourth-order valence-corrected chi connectivity index (χ4v) is 3.22. The van der Waals surface area contributed by atoms with Crippen LogP contribution in [0.15, 0.2) is 51.8 Å². The van der Waals surface area contributed by atoms with E-state index in [0.717, 1.165) is 0 Å². The molecule has 2 aromatic carbocycles. The van der Waals surface area contributed by atoms with Gasteiger partial charge in [0.25, 0.3) is 0 Å². The number of amides is 1. The Balaban J connectivity index is 1.89. The largest absolute Gasteiger partial charge is 0.439 e. The maximum Gasteiger partial charge on any atom is 0.241 e. The molecule has 8 heteroatoms. The molecule has 7 nitrogen and oxygen atoms in total. The maximum atomic E-state index is 12.3. The summed E-state index contributed by atoms with van der Waals surface area (Å²) in [5, 5.41) is 7.85. The van der Waals surface area contributed by atoms with E-state index in [1.165, 1.54) is 18.2 Å². The molecule has 2 heterocycles. The second-order valence-corrected chi connectivity index (χ2v) is 6.80. The first-order valence-corrected chi connectivity index (χ1v) is 8.31. The molecule has 1 amide bonds. The van der Waals surface area contributed by atoms with Gasteiger partial charge in [-0.25, -0.2) is 18.5 Å². The molecule has 1 aliphatic rings. The molecular formula is C15H11N3O4S. The van der Waals surface area contributed by atoms with Gasteiger partial charge >= 0.3 is 0 Å². The normalized spacial score (nSPS) is 17.3. The Hall–Kier alpha value is -2.71. The lowest BCUT2D eigenvalue weighted by molar-refractivity contribution is -0.116. The number of primary sulfonamides is 1. The number of carbonyl (C=O) groups excluding carboxylic acids is 1. The Morgan fingerprint density at radius 1 is 1.17 bits per heavy atom. The Morgan fingerprint density at radius 3 is 2.70 bits per heavy atom. The van der Waals surface area contributed by atoms with Crippen LogP contribution >= 0.6 is 0 Å². The van der Waals surface area contributed by atoms with Crippen molar-refractivity contribution >= 4 is 32.7 Å². The minimum absolute atomic E-state index is 0.0612. The van der Waals surface area contributed by atoms with Crippen LogP contribution < -0.4 is 10.5 Å². The van der Waals surface area contributed by atoms with E-state index < -0.39 is 15.9 Å². The van der Waals surface area contributed by atoms with Crippen LogP contribution in [0.4, 0.5) is 5.69 Å². The molecule has 3 aromatic rings. The minimum atomic E-state index is -3.86. The fraction of sp³-hybridized carbons (Fsp3) is 0.0667. The fourth-order valence-electron chi connectivity index (χ4n) is 2.68. The average Bonchev–Trinajstić information content (AvgIpc) is 3.04. The molecule has 23 heavy (non-hydrogen) atoms. The van der Waals surface area contributed by atoms with Gasteiger partial charge < -0.3 is 9.73 Å². The van der Waals surface area contributed by atoms with Crippen LogP contribution in [0.2, 0.25) is 0 Å². The molecule has 0 radical (unpaired) electrons. The summed E-state index contributed by atoms with van der Waals surface area (Å²) in [6.07, 6.45) is 0. The number of carbonyl (C=O) groups is 1. The van der Waals surface area contributed by atoms with Crippen LogP contribution in [0.3, 0.4) is 0 Å². The highest BCUT2D eigenvalue weighted by molar-refractivity contribution is 7.89. The molecule has 1 aromatic heterocycles. The Kier molecular flexibility index (Phi) is 2.81.